The lowest BCUT2D eigenvalue weighted by Gasteiger charge is -2.07. The second kappa shape index (κ2) is 4.07. The van der Waals surface area contributed by atoms with Crippen LogP contribution in [0.25, 0.3) is 0 Å². The molecule has 2 N–H and O–H groups in total. The number of halogens is 1. The summed E-state index contributed by atoms with van der Waals surface area (Å²) < 4.78 is 25.0. The fourth-order valence-corrected chi connectivity index (χ4v) is 1.78. The Morgan fingerprint density at radius 3 is 2.57 bits per heavy atom. The van der Waals surface area contributed by atoms with E-state index in [1.165, 1.54) is 7.05 Å². The maximum Gasteiger partial charge on any atom is 0.245 e. The average molecular weight is 237 g/mol. The van der Waals surface area contributed by atoms with Crippen molar-refractivity contribution in [1.82, 2.24) is 14.7 Å². The standard InChI is InChI=1S/C6H9ClN4O2S/c1-8-5-4(14(12,13)9-2)3-10-6(7)11-5/h3,9H,1-2H3,(H,8,10,11). The summed E-state index contributed by atoms with van der Waals surface area (Å²) in [6.07, 6.45) is 1.15. The van der Waals surface area contributed by atoms with E-state index in [1.807, 2.05) is 0 Å². The van der Waals surface area contributed by atoms with Crippen LogP contribution in [0.3, 0.4) is 0 Å². The van der Waals surface area contributed by atoms with Crippen LogP contribution in [0.15, 0.2) is 11.1 Å². The normalized spacial score (nSPS) is 11.4. The first-order valence-electron chi connectivity index (χ1n) is 3.65. The number of aromatic nitrogens is 2. The van der Waals surface area contributed by atoms with Gasteiger partial charge in [-0.05, 0) is 18.6 Å². The molecule has 0 spiro atoms. The number of hydrogen-bond donors (Lipinski definition) is 2. The summed E-state index contributed by atoms with van der Waals surface area (Å²) in [7, 11) is -0.696. The molecule has 0 aliphatic heterocycles. The lowest BCUT2D eigenvalue weighted by Crippen LogP contribution is -2.20. The largest absolute Gasteiger partial charge is 0.372 e. The molecule has 1 aromatic heterocycles. The van der Waals surface area contributed by atoms with Crippen molar-refractivity contribution in [2.75, 3.05) is 19.4 Å². The van der Waals surface area contributed by atoms with Gasteiger partial charge in [-0.1, -0.05) is 0 Å². The second-order valence-corrected chi connectivity index (χ2v) is 4.50. The summed E-state index contributed by atoms with van der Waals surface area (Å²) in [6.45, 7) is 0. The molecule has 0 aliphatic carbocycles. The topological polar surface area (TPSA) is 84.0 Å². The predicted octanol–water partition coefficient (Wildman–Crippen LogP) is 0.0798. The first-order chi connectivity index (χ1) is 6.51. The highest BCUT2D eigenvalue weighted by Gasteiger charge is 2.18. The molecule has 1 heterocycles. The van der Waals surface area contributed by atoms with Crippen LogP contribution in [0.5, 0.6) is 0 Å². The smallest absolute Gasteiger partial charge is 0.245 e. The minimum absolute atomic E-state index is 0.00981. The van der Waals surface area contributed by atoms with Gasteiger partial charge < -0.3 is 5.32 Å². The highest BCUT2D eigenvalue weighted by atomic mass is 35.5. The molecule has 0 amide bonds. The maximum atomic E-state index is 11.4. The molecular formula is C6H9ClN4O2S. The lowest BCUT2D eigenvalue weighted by molar-refractivity contribution is 0.587. The minimum atomic E-state index is -3.55. The second-order valence-electron chi connectivity index (χ2n) is 2.31. The number of nitrogens with one attached hydrogen (secondary N) is 2. The molecule has 1 aromatic rings. The van der Waals surface area contributed by atoms with Crippen molar-refractivity contribution in [2.24, 2.45) is 0 Å². The summed E-state index contributed by atoms with van der Waals surface area (Å²) in [5, 5.41) is 2.61. The average Bonchev–Trinajstić information content (AvgIpc) is 2.17. The lowest BCUT2D eigenvalue weighted by atomic mass is 10.6. The molecule has 0 saturated heterocycles. The van der Waals surface area contributed by atoms with E-state index in [9.17, 15) is 8.42 Å². The van der Waals surface area contributed by atoms with E-state index < -0.39 is 10.0 Å². The quantitative estimate of drug-likeness (QED) is 0.727. The van der Waals surface area contributed by atoms with Crippen molar-refractivity contribution in [3.8, 4) is 0 Å². The van der Waals surface area contributed by atoms with Crippen LogP contribution in [-0.2, 0) is 10.0 Å². The molecule has 0 atom stereocenters. The monoisotopic (exact) mass is 236 g/mol. The predicted molar refractivity (Wildman–Crippen MR) is 52.8 cm³/mol. The Morgan fingerprint density at radius 2 is 2.07 bits per heavy atom. The van der Waals surface area contributed by atoms with E-state index in [0.29, 0.717) is 0 Å². The van der Waals surface area contributed by atoms with Gasteiger partial charge in [-0.2, -0.15) is 4.98 Å². The van der Waals surface area contributed by atoms with Gasteiger partial charge in [-0.15, -0.1) is 0 Å². The summed E-state index contributed by atoms with van der Waals surface area (Å²) in [5.74, 6) is 0.166. The van der Waals surface area contributed by atoms with E-state index in [2.05, 4.69) is 20.0 Å². The first-order valence-corrected chi connectivity index (χ1v) is 5.51. The minimum Gasteiger partial charge on any atom is -0.372 e. The Bertz CT molecular complexity index is 433. The van der Waals surface area contributed by atoms with Crippen molar-refractivity contribution in [1.29, 1.82) is 0 Å². The fourth-order valence-electron chi connectivity index (χ4n) is 0.835. The summed E-state index contributed by atoms with van der Waals surface area (Å²) in [4.78, 5) is 7.29. The first kappa shape index (κ1) is 11.2. The molecule has 0 aromatic carbocycles. The van der Waals surface area contributed by atoms with Crippen molar-refractivity contribution in [3.05, 3.63) is 11.5 Å². The number of hydrogen-bond acceptors (Lipinski definition) is 5. The van der Waals surface area contributed by atoms with Crippen molar-refractivity contribution < 1.29 is 8.42 Å². The van der Waals surface area contributed by atoms with Gasteiger partial charge in [0, 0.05) is 7.05 Å². The summed E-state index contributed by atoms with van der Waals surface area (Å²) >= 11 is 5.51. The molecule has 8 heteroatoms. The van der Waals surface area contributed by atoms with Crippen LogP contribution in [0.1, 0.15) is 0 Å². The fraction of sp³-hybridized carbons (Fsp3) is 0.333. The SMILES string of the molecule is CNc1nc(Cl)ncc1S(=O)(=O)NC. The Labute approximate surface area is 86.8 Å². The van der Waals surface area contributed by atoms with E-state index in [-0.39, 0.29) is 16.0 Å². The van der Waals surface area contributed by atoms with Gasteiger partial charge in [-0.25, -0.2) is 18.1 Å². The Balaban J connectivity index is 3.35. The van der Waals surface area contributed by atoms with Crippen LogP contribution in [0.4, 0.5) is 5.82 Å². The molecule has 0 bridgehead atoms. The van der Waals surface area contributed by atoms with Gasteiger partial charge >= 0.3 is 0 Å². The number of sulfonamides is 1. The van der Waals surface area contributed by atoms with Gasteiger partial charge in [0.2, 0.25) is 15.3 Å². The van der Waals surface area contributed by atoms with Crippen LogP contribution in [0, 0.1) is 0 Å². The third kappa shape index (κ3) is 2.11. The molecule has 78 valence electrons. The van der Waals surface area contributed by atoms with Crippen LogP contribution >= 0.6 is 11.6 Å². The third-order valence-electron chi connectivity index (χ3n) is 1.52. The summed E-state index contributed by atoms with van der Waals surface area (Å²) in [6, 6.07) is 0. The molecule has 0 fully saturated rings. The maximum absolute atomic E-state index is 11.4. The van der Waals surface area contributed by atoms with Crippen LogP contribution in [0.2, 0.25) is 5.28 Å². The van der Waals surface area contributed by atoms with Crippen LogP contribution in [-0.4, -0.2) is 32.5 Å². The zero-order chi connectivity index (χ0) is 10.8. The Hall–Kier alpha value is -0.920. The van der Waals surface area contributed by atoms with E-state index in [4.69, 9.17) is 11.6 Å². The zero-order valence-electron chi connectivity index (χ0n) is 7.57. The Kier molecular flexibility index (Phi) is 3.25. The molecular weight excluding hydrogens is 228 g/mol. The highest BCUT2D eigenvalue weighted by Crippen LogP contribution is 2.18. The number of anilines is 1. The molecule has 14 heavy (non-hydrogen) atoms. The van der Waals surface area contributed by atoms with Crippen molar-refractivity contribution >= 4 is 27.4 Å². The van der Waals surface area contributed by atoms with Gasteiger partial charge in [0.05, 0.1) is 6.20 Å². The molecule has 0 unspecified atom stereocenters. The highest BCUT2D eigenvalue weighted by molar-refractivity contribution is 7.89. The molecule has 0 aliphatic rings. The Morgan fingerprint density at radius 1 is 1.43 bits per heavy atom. The van der Waals surface area contributed by atoms with Crippen LogP contribution < -0.4 is 10.0 Å². The van der Waals surface area contributed by atoms with Crippen molar-refractivity contribution in [2.45, 2.75) is 4.90 Å². The molecule has 0 radical (unpaired) electrons. The summed E-state index contributed by atoms with van der Waals surface area (Å²) in [5.41, 5.74) is 0. The van der Waals surface area contributed by atoms with Gasteiger partial charge in [0.15, 0.2) is 5.82 Å². The van der Waals surface area contributed by atoms with Gasteiger partial charge in [-0.3, -0.25) is 0 Å². The molecule has 6 nitrogen and oxygen atoms in total. The molecule has 1 rings (SSSR count). The number of nitrogens with zero attached hydrogens (tertiary/aromatic N) is 2. The van der Waals surface area contributed by atoms with Gasteiger partial charge in [0.1, 0.15) is 4.90 Å². The van der Waals surface area contributed by atoms with E-state index in [0.717, 1.165) is 6.20 Å². The van der Waals surface area contributed by atoms with Crippen molar-refractivity contribution in [3.63, 3.8) is 0 Å². The number of rotatable bonds is 3. The zero-order valence-corrected chi connectivity index (χ0v) is 9.15. The molecule has 0 saturated carbocycles. The van der Waals surface area contributed by atoms with E-state index in [1.54, 1.807) is 7.05 Å². The van der Waals surface area contributed by atoms with E-state index >= 15 is 0 Å². The third-order valence-corrected chi connectivity index (χ3v) is 3.12. The van der Waals surface area contributed by atoms with Gasteiger partial charge in [0.25, 0.3) is 0 Å².